The molecule has 1 rings (SSSR count). The molecule has 0 bridgehead atoms. The number of carbonyl (C=O) groups is 6. The van der Waals surface area contributed by atoms with Gasteiger partial charge < -0.3 is 67.1 Å². The van der Waals surface area contributed by atoms with Gasteiger partial charge in [-0.15, -0.1) is 0 Å². The summed E-state index contributed by atoms with van der Waals surface area (Å²) >= 11 is 0. The first kappa shape index (κ1) is 50.6. The second-order valence-electron chi connectivity index (χ2n) is 13.5. The lowest BCUT2D eigenvalue weighted by Gasteiger charge is -2.25. The van der Waals surface area contributed by atoms with Gasteiger partial charge in [-0.05, 0) is 37.4 Å². The third kappa shape index (κ3) is 23.4. The fourth-order valence-electron chi connectivity index (χ4n) is 5.01. The number of rotatable bonds is 32. The van der Waals surface area contributed by atoms with Crippen LogP contribution in [0.1, 0.15) is 69.8 Å². The van der Waals surface area contributed by atoms with Crippen LogP contribution in [0, 0.1) is 11.8 Å². The Balaban J connectivity index is 2.80. The maximum absolute atomic E-state index is 13.6. The number of nitrogens with two attached hydrogens (primary N) is 2. The molecule has 2 atom stereocenters. The first-order valence-electron chi connectivity index (χ1n) is 19.5. The van der Waals surface area contributed by atoms with Gasteiger partial charge in [0.2, 0.25) is 17.7 Å². The molecule has 0 aliphatic heterocycles. The van der Waals surface area contributed by atoms with Gasteiger partial charge in [0.15, 0.2) is 0 Å². The van der Waals surface area contributed by atoms with E-state index in [2.05, 4.69) is 31.9 Å². The maximum atomic E-state index is 13.6. The average molecular weight is 811 g/mol. The fourth-order valence-corrected chi connectivity index (χ4v) is 5.01. The van der Waals surface area contributed by atoms with Crippen LogP contribution in [-0.4, -0.2) is 133 Å². The van der Waals surface area contributed by atoms with E-state index in [0.29, 0.717) is 71.3 Å². The Kier molecular flexibility index (Phi) is 27.3. The van der Waals surface area contributed by atoms with Gasteiger partial charge in [0, 0.05) is 49.4 Å². The number of amides is 6. The monoisotopic (exact) mass is 810 g/mol. The molecule has 0 spiro atoms. The third-order valence-electron chi connectivity index (χ3n) is 8.02. The summed E-state index contributed by atoms with van der Waals surface area (Å²) in [6.45, 7) is 13.4. The molecule has 0 saturated carbocycles. The van der Waals surface area contributed by atoms with Crippen LogP contribution in [0.15, 0.2) is 18.2 Å². The normalized spacial score (nSPS) is 12.1. The van der Waals surface area contributed by atoms with Crippen molar-refractivity contribution in [2.75, 3.05) is 90.9 Å². The molecule has 0 radical (unpaired) electrons. The van der Waals surface area contributed by atoms with E-state index in [9.17, 15) is 28.8 Å². The summed E-state index contributed by atoms with van der Waals surface area (Å²) in [5, 5.41) is 16.6. The number of hydrogen-bond donors (Lipinski definition) is 8. The molecule has 0 heterocycles. The molecular weight excluding hydrogens is 744 g/mol. The number of primary amides is 1. The highest BCUT2D eigenvalue weighted by molar-refractivity contribution is 6.00. The second kappa shape index (κ2) is 30.7. The van der Waals surface area contributed by atoms with Gasteiger partial charge in [0.25, 0.3) is 5.91 Å². The van der Waals surface area contributed by atoms with Crippen molar-refractivity contribution >= 4 is 41.3 Å². The largest absolute Gasteiger partial charge is 0.461 e. The fraction of sp³-hybridized carbons (Fsp3) is 0.684. The highest BCUT2D eigenvalue weighted by Gasteiger charge is 2.27. The van der Waals surface area contributed by atoms with Gasteiger partial charge in [-0.3, -0.25) is 24.0 Å². The molecule has 19 nitrogen and oxygen atoms in total. The molecule has 1 aromatic rings. The molecule has 324 valence electrons. The first-order chi connectivity index (χ1) is 27.3. The molecule has 10 N–H and O–H groups in total. The molecule has 6 amide bonds. The summed E-state index contributed by atoms with van der Waals surface area (Å²) in [6, 6.07) is 2.33. The van der Waals surface area contributed by atoms with Crippen LogP contribution >= 0.6 is 0 Å². The van der Waals surface area contributed by atoms with E-state index < -0.39 is 35.9 Å². The summed E-state index contributed by atoms with van der Waals surface area (Å²) in [4.78, 5) is 75.8. The van der Waals surface area contributed by atoms with Crippen molar-refractivity contribution < 1.29 is 52.5 Å². The molecule has 0 aromatic heterocycles. The standard InChI is InChI=1S/C38H66N8O11/c1-6-41-33(26(2)3)36(50)46-31(8-7-13-44-38(40)52)35(49)45-29-10-9-28(25-57-37(51)27(4)5)30(24-29)34(48)43-15-14-42-32(47)11-16-53-18-20-55-22-23-56-21-19-54-17-12-39/h9-10,24,26-27,31,33,41H,6-8,11-23,25,39H2,1-5H3,(H,42,47)(H,43,48)(H,45,49)(H,46,50)(H3,40,44,52)/t31-,33-/m0/s1. The van der Waals surface area contributed by atoms with Crippen molar-refractivity contribution in [3.63, 3.8) is 0 Å². The lowest BCUT2D eigenvalue weighted by atomic mass is 10.0. The Hall–Kier alpha value is -4.40. The van der Waals surface area contributed by atoms with Gasteiger partial charge in [0.1, 0.15) is 12.6 Å². The lowest BCUT2D eigenvalue weighted by molar-refractivity contribution is -0.148. The molecule has 0 aliphatic rings. The van der Waals surface area contributed by atoms with E-state index in [-0.39, 0.29) is 80.6 Å². The molecule has 1 aromatic carbocycles. The first-order valence-corrected chi connectivity index (χ1v) is 19.5. The number of carbonyl (C=O) groups excluding carboxylic acids is 6. The van der Waals surface area contributed by atoms with Gasteiger partial charge in [0.05, 0.1) is 64.8 Å². The second-order valence-corrected chi connectivity index (χ2v) is 13.5. The summed E-state index contributed by atoms with van der Waals surface area (Å²) in [5.74, 6) is -2.60. The van der Waals surface area contributed by atoms with E-state index in [1.807, 2.05) is 20.8 Å². The quantitative estimate of drug-likeness (QED) is 0.0356. The summed E-state index contributed by atoms with van der Waals surface area (Å²) in [6.07, 6.45) is 0.635. The van der Waals surface area contributed by atoms with Crippen LogP contribution in [0.4, 0.5) is 10.5 Å². The topological polar surface area (TPSA) is 273 Å². The summed E-state index contributed by atoms with van der Waals surface area (Å²) in [5.41, 5.74) is 11.3. The molecular formula is C38H66N8O11. The smallest absolute Gasteiger partial charge is 0.312 e. The maximum Gasteiger partial charge on any atom is 0.312 e. The Morgan fingerprint density at radius 1 is 0.754 bits per heavy atom. The van der Waals surface area contributed by atoms with Crippen molar-refractivity contribution in [2.45, 2.75) is 72.6 Å². The Morgan fingerprint density at radius 3 is 1.95 bits per heavy atom. The van der Waals surface area contributed by atoms with E-state index in [0.717, 1.165) is 0 Å². The van der Waals surface area contributed by atoms with Crippen LogP contribution in [0.5, 0.6) is 0 Å². The van der Waals surface area contributed by atoms with Gasteiger partial charge >= 0.3 is 12.0 Å². The Labute approximate surface area is 336 Å². The van der Waals surface area contributed by atoms with E-state index in [1.165, 1.54) is 6.07 Å². The minimum Gasteiger partial charge on any atom is -0.461 e. The molecule has 19 heteroatoms. The minimum atomic E-state index is -0.985. The van der Waals surface area contributed by atoms with Crippen molar-refractivity contribution in [2.24, 2.45) is 23.3 Å². The van der Waals surface area contributed by atoms with Crippen molar-refractivity contribution in [1.82, 2.24) is 26.6 Å². The highest BCUT2D eigenvalue weighted by atomic mass is 16.6. The predicted molar refractivity (Wildman–Crippen MR) is 213 cm³/mol. The van der Waals surface area contributed by atoms with E-state index >= 15 is 0 Å². The molecule has 0 fully saturated rings. The highest BCUT2D eigenvalue weighted by Crippen LogP contribution is 2.19. The van der Waals surface area contributed by atoms with Crippen molar-refractivity contribution in [3.8, 4) is 0 Å². The zero-order valence-corrected chi connectivity index (χ0v) is 34.2. The average Bonchev–Trinajstić information content (AvgIpc) is 3.17. The predicted octanol–water partition coefficient (Wildman–Crippen LogP) is 0.153. The molecule has 0 unspecified atom stereocenters. The zero-order chi connectivity index (χ0) is 42.4. The number of urea groups is 1. The summed E-state index contributed by atoms with van der Waals surface area (Å²) < 4.78 is 26.8. The number of esters is 1. The van der Waals surface area contributed by atoms with Gasteiger partial charge in [-0.2, -0.15) is 0 Å². The Morgan fingerprint density at radius 2 is 1.37 bits per heavy atom. The number of benzene rings is 1. The van der Waals surface area contributed by atoms with Crippen LogP contribution in [-0.2, 0) is 49.5 Å². The number of anilines is 1. The van der Waals surface area contributed by atoms with E-state index in [4.69, 9.17) is 35.2 Å². The number of ether oxygens (including phenoxy) is 5. The van der Waals surface area contributed by atoms with Crippen LogP contribution < -0.4 is 43.4 Å². The van der Waals surface area contributed by atoms with Gasteiger partial charge in [-0.1, -0.05) is 40.7 Å². The van der Waals surface area contributed by atoms with Crippen LogP contribution in [0.25, 0.3) is 0 Å². The zero-order valence-electron chi connectivity index (χ0n) is 34.2. The molecule has 0 aliphatic carbocycles. The third-order valence-corrected chi connectivity index (χ3v) is 8.02. The van der Waals surface area contributed by atoms with Gasteiger partial charge in [-0.25, -0.2) is 4.79 Å². The lowest BCUT2D eigenvalue weighted by Crippen LogP contribution is -2.53. The van der Waals surface area contributed by atoms with Crippen LogP contribution in [0.2, 0.25) is 0 Å². The SMILES string of the molecule is CCN[C@H](C(=O)N[C@@H](CCCNC(N)=O)C(=O)Nc1ccc(COC(=O)C(C)C)c(C(=O)NCCNC(=O)CCOCCOCCOCCOCCN)c1)C(C)C. The van der Waals surface area contributed by atoms with Crippen molar-refractivity contribution in [3.05, 3.63) is 29.3 Å². The number of hydrogen-bond acceptors (Lipinski definition) is 13. The number of nitrogens with one attached hydrogen (secondary N) is 6. The summed E-state index contributed by atoms with van der Waals surface area (Å²) in [7, 11) is 0. The molecule has 0 saturated heterocycles. The minimum absolute atomic E-state index is 0.0583. The van der Waals surface area contributed by atoms with Crippen molar-refractivity contribution in [1.29, 1.82) is 0 Å². The van der Waals surface area contributed by atoms with E-state index in [1.54, 1.807) is 26.0 Å². The van der Waals surface area contributed by atoms with Crippen LogP contribution in [0.3, 0.4) is 0 Å². The molecule has 57 heavy (non-hydrogen) atoms. The Bertz CT molecular complexity index is 1370. The number of likely N-dealkylation sites (N-methyl/N-ethyl adjacent to an activating group) is 1.